The van der Waals surface area contributed by atoms with Crippen molar-refractivity contribution in [1.82, 2.24) is 14.7 Å². The van der Waals surface area contributed by atoms with Crippen LogP contribution in [0.4, 0.5) is 0 Å². The van der Waals surface area contributed by atoms with Gasteiger partial charge in [-0.25, -0.2) is 0 Å². The molecule has 1 aliphatic rings. The number of aliphatic hydroxyl groups is 1. The van der Waals surface area contributed by atoms with Gasteiger partial charge in [-0.2, -0.15) is 0 Å². The molecule has 0 atom stereocenters. The van der Waals surface area contributed by atoms with E-state index < -0.39 is 0 Å². The monoisotopic (exact) mass is 291 g/mol. The Hall–Kier alpha value is -1.43. The Balaban J connectivity index is 1.74. The summed E-state index contributed by atoms with van der Waals surface area (Å²) in [7, 11) is 1.86. The highest BCUT2D eigenvalue weighted by molar-refractivity contribution is 5.78. The van der Waals surface area contributed by atoms with Crippen LogP contribution >= 0.6 is 0 Å². The summed E-state index contributed by atoms with van der Waals surface area (Å²) in [5.74, 6) is 0.158. The Morgan fingerprint density at radius 2 is 1.86 bits per heavy atom. The summed E-state index contributed by atoms with van der Waals surface area (Å²) < 4.78 is 0. The zero-order chi connectivity index (χ0) is 15.1. The first kappa shape index (κ1) is 15.9. The van der Waals surface area contributed by atoms with E-state index in [1.165, 1.54) is 5.56 Å². The fraction of sp³-hybridized carbons (Fsp3) is 0.562. The lowest BCUT2D eigenvalue weighted by Gasteiger charge is -2.35. The summed E-state index contributed by atoms with van der Waals surface area (Å²) in [4.78, 5) is 18.3. The van der Waals surface area contributed by atoms with Crippen molar-refractivity contribution in [2.45, 2.75) is 6.54 Å². The molecule has 21 heavy (non-hydrogen) atoms. The molecule has 0 unspecified atom stereocenters. The molecule has 116 valence electrons. The first-order chi connectivity index (χ1) is 10.2. The van der Waals surface area contributed by atoms with Gasteiger partial charge < -0.3 is 10.0 Å². The van der Waals surface area contributed by atoms with Crippen molar-refractivity contribution in [1.29, 1.82) is 0 Å². The van der Waals surface area contributed by atoms with Crippen molar-refractivity contribution in [3.05, 3.63) is 35.9 Å². The number of benzene rings is 1. The smallest absolute Gasteiger partial charge is 0.236 e. The second-order valence-electron chi connectivity index (χ2n) is 5.60. The molecule has 0 bridgehead atoms. The van der Waals surface area contributed by atoms with Crippen LogP contribution in [-0.4, -0.2) is 78.6 Å². The fourth-order valence-corrected chi connectivity index (χ4v) is 2.58. The Kier molecular flexibility index (Phi) is 6.17. The largest absolute Gasteiger partial charge is 0.395 e. The lowest BCUT2D eigenvalue weighted by molar-refractivity contribution is -0.134. The molecule has 5 heteroatoms. The number of nitrogens with zero attached hydrogens (tertiary/aromatic N) is 3. The molecule has 5 nitrogen and oxygen atoms in total. The van der Waals surface area contributed by atoms with Gasteiger partial charge in [0.05, 0.1) is 13.2 Å². The Bertz CT molecular complexity index is 430. The second-order valence-corrected chi connectivity index (χ2v) is 5.60. The minimum Gasteiger partial charge on any atom is -0.395 e. The van der Waals surface area contributed by atoms with Gasteiger partial charge in [0.1, 0.15) is 0 Å². The van der Waals surface area contributed by atoms with Crippen LogP contribution in [0.1, 0.15) is 5.56 Å². The van der Waals surface area contributed by atoms with Crippen LogP contribution in [0.3, 0.4) is 0 Å². The van der Waals surface area contributed by atoms with Gasteiger partial charge in [0.25, 0.3) is 0 Å². The Morgan fingerprint density at radius 1 is 1.19 bits per heavy atom. The molecule has 1 aromatic rings. The van der Waals surface area contributed by atoms with Crippen molar-refractivity contribution >= 4 is 5.91 Å². The predicted octanol–water partition coefficient (Wildman–Crippen LogP) is 0.255. The van der Waals surface area contributed by atoms with Crippen molar-refractivity contribution < 1.29 is 9.90 Å². The van der Waals surface area contributed by atoms with Gasteiger partial charge in [-0.05, 0) is 12.6 Å². The van der Waals surface area contributed by atoms with E-state index in [2.05, 4.69) is 29.2 Å². The van der Waals surface area contributed by atoms with Gasteiger partial charge in [-0.1, -0.05) is 30.3 Å². The normalized spacial score (nSPS) is 16.4. The average molecular weight is 291 g/mol. The van der Waals surface area contributed by atoms with Crippen LogP contribution in [0.5, 0.6) is 0 Å². The van der Waals surface area contributed by atoms with Gasteiger partial charge in [0.15, 0.2) is 0 Å². The number of aliphatic hydroxyl groups excluding tert-OH is 1. The summed E-state index contributed by atoms with van der Waals surface area (Å²) in [6.45, 7) is 5.40. The number of carbonyl (C=O) groups is 1. The van der Waals surface area contributed by atoms with Crippen LogP contribution in [0.15, 0.2) is 30.3 Å². The summed E-state index contributed by atoms with van der Waals surface area (Å²) in [5, 5.41) is 8.86. The standard InChI is InChI=1S/C16H25N3O2/c1-17(11-12-20)14-16(21)19-9-7-18(8-10-19)13-15-5-3-2-4-6-15/h2-6,20H,7-14H2,1H3. The minimum absolute atomic E-state index is 0.0919. The van der Waals surface area contributed by atoms with E-state index in [0.717, 1.165) is 32.7 Å². The van der Waals surface area contributed by atoms with E-state index in [1.807, 2.05) is 22.9 Å². The predicted molar refractivity (Wildman–Crippen MR) is 82.9 cm³/mol. The molecule has 0 spiro atoms. The first-order valence-electron chi connectivity index (χ1n) is 7.52. The second kappa shape index (κ2) is 8.12. The number of hydrogen-bond acceptors (Lipinski definition) is 4. The molecule has 1 N–H and O–H groups in total. The molecule has 0 aliphatic carbocycles. The van der Waals surface area contributed by atoms with Gasteiger partial charge in [-0.3, -0.25) is 14.6 Å². The Morgan fingerprint density at radius 3 is 2.48 bits per heavy atom. The Labute approximate surface area is 126 Å². The molecule has 0 radical (unpaired) electrons. The zero-order valence-electron chi connectivity index (χ0n) is 12.7. The number of likely N-dealkylation sites (N-methyl/N-ethyl adjacent to an activating group) is 1. The molecule has 0 aromatic heterocycles. The van der Waals surface area contributed by atoms with E-state index in [-0.39, 0.29) is 12.5 Å². The van der Waals surface area contributed by atoms with Crippen molar-refractivity contribution in [2.24, 2.45) is 0 Å². The van der Waals surface area contributed by atoms with Crippen LogP contribution in [0.2, 0.25) is 0 Å². The van der Waals surface area contributed by atoms with Gasteiger partial charge >= 0.3 is 0 Å². The maximum absolute atomic E-state index is 12.1. The molecule has 2 rings (SSSR count). The minimum atomic E-state index is 0.0919. The summed E-state index contributed by atoms with van der Waals surface area (Å²) in [6.07, 6.45) is 0. The number of piperazine rings is 1. The average Bonchev–Trinajstić information content (AvgIpc) is 2.49. The molecule has 0 saturated carbocycles. The third-order valence-electron chi connectivity index (χ3n) is 3.86. The molecule has 1 fully saturated rings. The van der Waals surface area contributed by atoms with Gasteiger partial charge in [-0.15, -0.1) is 0 Å². The van der Waals surface area contributed by atoms with E-state index in [4.69, 9.17) is 5.11 Å². The number of amides is 1. The molecule has 1 heterocycles. The van der Waals surface area contributed by atoms with E-state index in [0.29, 0.717) is 13.1 Å². The lowest BCUT2D eigenvalue weighted by atomic mass is 10.2. The number of rotatable bonds is 6. The van der Waals surface area contributed by atoms with Crippen LogP contribution < -0.4 is 0 Å². The SMILES string of the molecule is CN(CCO)CC(=O)N1CCN(Cc2ccccc2)CC1. The summed E-state index contributed by atoms with van der Waals surface area (Å²) >= 11 is 0. The maximum Gasteiger partial charge on any atom is 0.236 e. The third-order valence-corrected chi connectivity index (χ3v) is 3.86. The zero-order valence-corrected chi connectivity index (χ0v) is 12.7. The van der Waals surface area contributed by atoms with Crippen molar-refractivity contribution in [3.8, 4) is 0 Å². The molecular weight excluding hydrogens is 266 g/mol. The highest BCUT2D eigenvalue weighted by Crippen LogP contribution is 2.08. The summed E-state index contributed by atoms with van der Waals surface area (Å²) in [6, 6.07) is 10.4. The van der Waals surface area contributed by atoms with Crippen molar-refractivity contribution in [3.63, 3.8) is 0 Å². The van der Waals surface area contributed by atoms with E-state index in [1.54, 1.807) is 0 Å². The first-order valence-corrected chi connectivity index (χ1v) is 7.52. The molecular formula is C16H25N3O2. The molecule has 1 saturated heterocycles. The fourth-order valence-electron chi connectivity index (χ4n) is 2.58. The maximum atomic E-state index is 12.1. The van der Waals surface area contributed by atoms with Gasteiger partial charge in [0, 0.05) is 39.3 Å². The molecule has 1 aromatic carbocycles. The van der Waals surface area contributed by atoms with Crippen LogP contribution in [0.25, 0.3) is 0 Å². The van der Waals surface area contributed by atoms with Crippen LogP contribution in [-0.2, 0) is 11.3 Å². The number of hydrogen-bond donors (Lipinski definition) is 1. The van der Waals surface area contributed by atoms with Gasteiger partial charge in [0.2, 0.25) is 5.91 Å². The topological polar surface area (TPSA) is 47.0 Å². The van der Waals surface area contributed by atoms with Crippen molar-refractivity contribution in [2.75, 3.05) is 52.9 Å². The number of carbonyl (C=O) groups excluding carboxylic acids is 1. The highest BCUT2D eigenvalue weighted by atomic mass is 16.3. The molecule has 1 amide bonds. The third kappa shape index (κ3) is 5.12. The quantitative estimate of drug-likeness (QED) is 0.816. The lowest BCUT2D eigenvalue weighted by Crippen LogP contribution is -2.50. The summed E-state index contributed by atoms with van der Waals surface area (Å²) in [5.41, 5.74) is 1.32. The highest BCUT2D eigenvalue weighted by Gasteiger charge is 2.21. The molecule has 1 aliphatic heterocycles. The van der Waals surface area contributed by atoms with Crippen LogP contribution in [0, 0.1) is 0 Å². The van der Waals surface area contributed by atoms with E-state index >= 15 is 0 Å². The van der Waals surface area contributed by atoms with E-state index in [9.17, 15) is 4.79 Å².